The predicted octanol–water partition coefficient (Wildman–Crippen LogP) is 4.97. The van der Waals surface area contributed by atoms with E-state index in [4.69, 9.17) is 5.26 Å². The van der Waals surface area contributed by atoms with Crippen molar-refractivity contribution in [2.75, 3.05) is 12.0 Å². The average molecular weight is 382 g/mol. The maximum absolute atomic E-state index is 11.6. The molecule has 29 heavy (non-hydrogen) atoms. The number of anilines is 1. The van der Waals surface area contributed by atoms with Crippen molar-refractivity contribution < 1.29 is 9.53 Å². The second-order valence-electron chi connectivity index (χ2n) is 6.58. The Morgan fingerprint density at radius 1 is 0.897 bits per heavy atom. The average Bonchev–Trinajstić information content (AvgIpc) is 2.78. The summed E-state index contributed by atoms with van der Waals surface area (Å²) >= 11 is 0. The summed E-state index contributed by atoms with van der Waals surface area (Å²) in [5.74, 6) is -0.633. The number of carbonyl (C=O) groups excluding carboxylic acids is 1. The number of hydrogen-bond acceptors (Lipinski definition) is 4. The zero-order valence-corrected chi connectivity index (χ0v) is 16.3. The Balaban J connectivity index is 1.86. The predicted molar refractivity (Wildman–Crippen MR) is 115 cm³/mol. The molecule has 0 amide bonds. The molecule has 0 aromatic heterocycles. The van der Waals surface area contributed by atoms with Gasteiger partial charge in [0.2, 0.25) is 0 Å². The van der Waals surface area contributed by atoms with Crippen LogP contribution in [0.15, 0.2) is 90.5 Å². The molecular weight excluding hydrogens is 360 g/mol. The molecule has 144 valence electrons. The van der Waals surface area contributed by atoms with Crippen LogP contribution in [0.3, 0.4) is 0 Å². The van der Waals surface area contributed by atoms with Crippen LogP contribution in [-0.2, 0) is 22.6 Å². The molecule has 0 aliphatic heterocycles. The molecule has 0 heterocycles. The fraction of sp³-hybridized carbons (Fsp3) is 0.120. The lowest BCUT2D eigenvalue weighted by Gasteiger charge is -2.25. The first-order valence-corrected chi connectivity index (χ1v) is 9.32. The van der Waals surface area contributed by atoms with Crippen molar-refractivity contribution >= 4 is 17.7 Å². The van der Waals surface area contributed by atoms with E-state index in [1.54, 1.807) is 0 Å². The first kappa shape index (κ1) is 19.9. The van der Waals surface area contributed by atoms with Crippen LogP contribution >= 0.6 is 0 Å². The van der Waals surface area contributed by atoms with Crippen molar-refractivity contribution in [1.29, 1.82) is 5.26 Å². The Morgan fingerprint density at radius 3 is 1.86 bits per heavy atom. The quantitative estimate of drug-likeness (QED) is 0.329. The molecule has 0 radical (unpaired) electrons. The van der Waals surface area contributed by atoms with Gasteiger partial charge in [-0.2, -0.15) is 5.26 Å². The molecule has 0 saturated carbocycles. The summed E-state index contributed by atoms with van der Waals surface area (Å²) in [7, 11) is 1.27. The maximum Gasteiger partial charge on any atom is 0.348 e. The van der Waals surface area contributed by atoms with Gasteiger partial charge in [-0.05, 0) is 34.9 Å². The summed E-state index contributed by atoms with van der Waals surface area (Å²) in [5, 5.41) is 9.13. The number of esters is 1. The van der Waals surface area contributed by atoms with E-state index < -0.39 is 5.97 Å². The van der Waals surface area contributed by atoms with Crippen molar-refractivity contribution in [1.82, 2.24) is 0 Å². The maximum atomic E-state index is 11.6. The Morgan fingerprint density at radius 2 is 1.41 bits per heavy atom. The van der Waals surface area contributed by atoms with Crippen LogP contribution in [0.4, 0.5) is 5.69 Å². The van der Waals surface area contributed by atoms with E-state index in [9.17, 15) is 4.79 Å². The molecular formula is C25H22N2O2. The van der Waals surface area contributed by atoms with E-state index in [0.717, 1.165) is 24.3 Å². The lowest BCUT2D eigenvalue weighted by atomic mass is 10.1. The number of rotatable bonds is 7. The summed E-state index contributed by atoms with van der Waals surface area (Å²) in [5.41, 5.74) is 4.27. The lowest BCUT2D eigenvalue weighted by Crippen LogP contribution is -2.22. The molecule has 4 heteroatoms. The second kappa shape index (κ2) is 9.91. The normalized spacial score (nSPS) is 10.8. The molecule has 0 aliphatic carbocycles. The highest BCUT2D eigenvalue weighted by atomic mass is 16.5. The standard InChI is InChI=1S/C25H22N2O2/c1-29-25(28)23(17-26)16-20-12-14-24(15-13-20)27(18-21-8-4-2-5-9-21)19-22-10-6-3-7-11-22/h2-16H,18-19H2,1H3/b23-16+. The fourth-order valence-electron chi connectivity index (χ4n) is 3.04. The third-order valence-electron chi connectivity index (χ3n) is 4.53. The first-order valence-electron chi connectivity index (χ1n) is 9.32. The van der Waals surface area contributed by atoms with E-state index in [2.05, 4.69) is 33.9 Å². The number of methoxy groups -OCH3 is 1. The molecule has 4 nitrogen and oxygen atoms in total. The molecule has 0 saturated heterocycles. The zero-order chi connectivity index (χ0) is 20.5. The minimum Gasteiger partial charge on any atom is -0.465 e. The van der Waals surface area contributed by atoms with Gasteiger partial charge in [-0.15, -0.1) is 0 Å². The van der Waals surface area contributed by atoms with Gasteiger partial charge in [-0.3, -0.25) is 0 Å². The molecule has 0 fully saturated rings. The zero-order valence-electron chi connectivity index (χ0n) is 16.3. The van der Waals surface area contributed by atoms with Gasteiger partial charge in [0.05, 0.1) is 7.11 Å². The molecule has 0 unspecified atom stereocenters. The van der Waals surface area contributed by atoms with Gasteiger partial charge >= 0.3 is 5.97 Å². The van der Waals surface area contributed by atoms with E-state index in [-0.39, 0.29) is 5.57 Å². The second-order valence-corrected chi connectivity index (χ2v) is 6.58. The van der Waals surface area contributed by atoms with Gasteiger partial charge < -0.3 is 9.64 Å². The summed E-state index contributed by atoms with van der Waals surface area (Å²) in [6.07, 6.45) is 1.54. The molecule has 3 rings (SSSR count). The monoisotopic (exact) mass is 382 g/mol. The van der Waals surface area contributed by atoms with Crippen LogP contribution in [-0.4, -0.2) is 13.1 Å². The van der Waals surface area contributed by atoms with Gasteiger partial charge in [0.15, 0.2) is 0 Å². The van der Waals surface area contributed by atoms with Crippen molar-refractivity contribution in [3.63, 3.8) is 0 Å². The summed E-state index contributed by atoms with van der Waals surface area (Å²) in [6, 6.07) is 30.3. The molecule has 0 spiro atoms. The van der Waals surface area contributed by atoms with E-state index in [1.807, 2.05) is 66.7 Å². The number of carbonyl (C=O) groups is 1. The smallest absolute Gasteiger partial charge is 0.348 e. The van der Waals surface area contributed by atoms with Crippen molar-refractivity contribution in [3.8, 4) is 6.07 Å². The molecule has 0 aliphatic rings. The van der Waals surface area contributed by atoms with Crippen LogP contribution in [0.1, 0.15) is 16.7 Å². The van der Waals surface area contributed by atoms with E-state index in [1.165, 1.54) is 24.3 Å². The highest BCUT2D eigenvalue weighted by molar-refractivity contribution is 5.97. The minimum atomic E-state index is -0.633. The molecule has 3 aromatic rings. The van der Waals surface area contributed by atoms with E-state index >= 15 is 0 Å². The van der Waals surface area contributed by atoms with E-state index in [0.29, 0.717) is 0 Å². The van der Waals surface area contributed by atoms with Crippen molar-refractivity contribution in [2.45, 2.75) is 13.1 Å². The topological polar surface area (TPSA) is 53.3 Å². The van der Waals surface area contributed by atoms with Crippen LogP contribution in [0, 0.1) is 11.3 Å². The third-order valence-corrected chi connectivity index (χ3v) is 4.53. The van der Waals surface area contributed by atoms with Crippen LogP contribution in [0.25, 0.3) is 6.08 Å². The Labute approximate surface area is 171 Å². The van der Waals surface area contributed by atoms with Crippen LogP contribution < -0.4 is 4.90 Å². The molecule has 0 atom stereocenters. The van der Waals surface area contributed by atoms with Gasteiger partial charge in [0, 0.05) is 18.8 Å². The number of benzene rings is 3. The number of hydrogen-bond donors (Lipinski definition) is 0. The highest BCUT2D eigenvalue weighted by Gasteiger charge is 2.11. The largest absolute Gasteiger partial charge is 0.465 e. The molecule has 3 aromatic carbocycles. The number of nitriles is 1. The number of ether oxygens (including phenoxy) is 1. The van der Waals surface area contributed by atoms with Gasteiger partial charge in [-0.25, -0.2) is 4.79 Å². The molecule has 0 N–H and O–H groups in total. The minimum absolute atomic E-state index is 0.0225. The Hall–Kier alpha value is -3.84. The fourth-order valence-corrected chi connectivity index (χ4v) is 3.04. The van der Waals surface area contributed by atoms with Gasteiger partial charge in [0.25, 0.3) is 0 Å². The number of nitrogens with zero attached hydrogens (tertiary/aromatic N) is 2. The Kier molecular flexibility index (Phi) is 6.80. The van der Waals surface area contributed by atoms with Gasteiger partial charge in [0.1, 0.15) is 11.6 Å². The van der Waals surface area contributed by atoms with Crippen LogP contribution in [0.5, 0.6) is 0 Å². The van der Waals surface area contributed by atoms with Crippen molar-refractivity contribution in [2.24, 2.45) is 0 Å². The third kappa shape index (κ3) is 5.57. The van der Waals surface area contributed by atoms with Crippen LogP contribution in [0.2, 0.25) is 0 Å². The van der Waals surface area contributed by atoms with Crippen molar-refractivity contribution in [3.05, 3.63) is 107 Å². The summed E-state index contributed by atoms with van der Waals surface area (Å²) < 4.78 is 4.63. The SMILES string of the molecule is COC(=O)/C(C#N)=C/c1ccc(N(Cc2ccccc2)Cc2ccccc2)cc1. The lowest BCUT2D eigenvalue weighted by molar-refractivity contribution is -0.135. The first-order chi connectivity index (χ1) is 14.2. The van der Waals surface area contributed by atoms with Gasteiger partial charge in [-0.1, -0.05) is 72.8 Å². The summed E-state index contributed by atoms with van der Waals surface area (Å²) in [6.45, 7) is 1.55. The highest BCUT2D eigenvalue weighted by Crippen LogP contribution is 2.22. The Bertz CT molecular complexity index is 963. The summed E-state index contributed by atoms with van der Waals surface area (Å²) in [4.78, 5) is 13.9. The molecule has 0 bridgehead atoms.